The Kier molecular flexibility index (Phi) is 4.07. The van der Waals surface area contributed by atoms with Gasteiger partial charge in [0.1, 0.15) is 5.82 Å². The molecule has 0 aliphatic heterocycles. The number of ether oxygens (including phenoxy) is 1. The van der Waals surface area contributed by atoms with Crippen LogP contribution in [0.5, 0.6) is 0 Å². The van der Waals surface area contributed by atoms with Crippen LogP contribution in [0.25, 0.3) is 0 Å². The Hall–Kier alpha value is -0.900. The lowest BCUT2D eigenvalue weighted by molar-refractivity contribution is -0.140. The van der Waals surface area contributed by atoms with E-state index in [-0.39, 0.29) is 18.4 Å². The normalized spacial score (nSPS) is 9.93. The second-order valence-electron chi connectivity index (χ2n) is 2.83. The summed E-state index contributed by atoms with van der Waals surface area (Å²) in [5.74, 6) is -0.624. The van der Waals surface area contributed by atoms with Crippen molar-refractivity contribution in [2.75, 3.05) is 6.61 Å². The molecule has 2 nitrogen and oxygen atoms in total. The van der Waals surface area contributed by atoms with Gasteiger partial charge >= 0.3 is 5.97 Å². The minimum atomic E-state index is -0.347. The fourth-order valence-electron chi connectivity index (χ4n) is 1.04. The largest absolute Gasteiger partial charge is 0.466 e. The molecule has 0 radical (unpaired) electrons. The molecule has 1 aromatic carbocycles. The zero-order valence-corrected chi connectivity index (χ0v) is 9.30. The Bertz CT molecular complexity index is 339. The van der Waals surface area contributed by atoms with Crippen LogP contribution in [0.2, 0.25) is 0 Å². The molecule has 0 unspecified atom stereocenters. The third-order valence-electron chi connectivity index (χ3n) is 1.68. The molecular formula is C10H10BrFO2. The van der Waals surface area contributed by atoms with Crippen molar-refractivity contribution in [3.8, 4) is 0 Å². The number of carbonyl (C=O) groups is 1. The third kappa shape index (κ3) is 3.46. The molecule has 0 amide bonds. The first-order chi connectivity index (χ1) is 6.59. The Morgan fingerprint density at radius 3 is 2.93 bits per heavy atom. The van der Waals surface area contributed by atoms with E-state index in [0.717, 1.165) is 4.47 Å². The van der Waals surface area contributed by atoms with Crippen LogP contribution in [-0.4, -0.2) is 12.6 Å². The van der Waals surface area contributed by atoms with Gasteiger partial charge in [-0.3, -0.25) is 4.79 Å². The molecule has 76 valence electrons. The summed E-state index contributed by atoms with van der Waals surface area (Å²) in [5, 5.41) is 0. The molecule has 0 aliphatic carbocycles. The minimum absolute atomic E-state index is 0.211. The van der Waals surface area contributed by atoms with Crippen LogP contribution in [0.4, 0.5) is 4.39 Å². The fourth-order valence-corrected chi connectivity index (χ4v) is 1.45. The number of rotatable bonds is 3. The van der Waals surface area contributed by atoms with Crippen molar-refractivity contribution in [1.82, 2.24) is 0 Å². The zero-order valence-electron chi connectivity index (χ0n) is 7.72. The average molecular weight is 261 g/mol. The molecule has 4 heteroatoms. The maximum atomic E-state index is 13.1. The van der Waals surface area contributed by atoms with Crippen LogP contribution in [0.1, 0.15) is 12.5 Å². The number of benzene rings is 1. The smallest absolute Gasteiger partial charge is 0.302 e. The highest BCUT2D eigenvalue weighted by Gasteiger charge is 2.03. The van der Waals surface area contributed by atoms with E-state index in [1.165, 1.54) is 13.0 Å². The molecule has 0 N–H and O–H groups in total. The van der Waals surface area contributed by atoms with Crippen LogP contribution in [0.15, 0.2) is 22.7 Å². The van der Waals surface area contributed by atoms with E-state index in [0.29, 0.717) is 12.0 Å². The summed E-state index contributed by atoms with van der Waals surface area (Å²) in [4.78, 5) is 10.5. The summed E-state index contributed by atoms with van der Waals surface area (Å²) in [6.07, 6.45) is 0.394. The van der Waals surface area contributed by atoms with Crippen LogP contribution in [-0.2, 0) is 16.0 Å². The fraction of sp³-hybridized carbons (Fsp3) is 0.300. The molecule has 0 atom stereocenters. The van der Waals surface area contributed by atoms with Crippen LogP contribution < -0.4 is 0 Å². The monoisotopic (exact) mass is 260 g/mol. The molecule has 0 saturated heterocycles. The first-order valence-corrected chi connectivity index (χ1v) is 4.96. The quantitative estimate of drug-likeness (QED) is 0.782. The number of hydrogen-bond acceptors (Lipinski definition) is 2. The lowest BCUT2D eigenvalue weighted by Gasteiger charge is -2.04. The molecule has 1 aromatic rings. The molecule has 0 spiro atoms. The van der Waals surface area contributed by atoms with Crippen molar-refractivity contribution in [3.05, 3.63) is 34.1 Å². The standard InChI is InChI=1S/C10H10BrFO2/c1-7(13)14-5-4-8-6-9(11)2-3-10(8)12/h2-3,6H,4-5H2,1H3. The molecule has 0 saturated carbocycles. The Labute approximate surface area is 90.2 Å². The van der Waals surface area contributed by atoms with E-state index in [4.69, 9.17) is 4.74 Å². The van der Waals surface area contributed by atoms with Gasteiger partial charge in [-0.1, -0.05) is 15.9 Å². The average Bonchev–Trinajstić information content (AvgIpc) is 2.10. The Balaban J connectivity index is 2.57. The molecule has 0 heterocycles. The van der Waals surface area contributed by atoms with E-state index < -0.39 is 0 Å². The summed E-state index contributed by atoms with van der Waals surface area (Å²) in [6.45, 7) is 1.54. The molecule has 0 fully saturated rings. The van der Waals surface area contributed by atoms with Crippen molar-refractivity contribution >= 4 is 21.9 Å². The van der Waals surface area contributed by atoms with Crippen molar-refractivity contribution in [1.29, 1.82) is 0 Å². The van der Waals surface area contributed by atoms with E-state index in [1.807, 2.05) is 0 Å². The highest BCUT2D eigenvalue weighted by atomic mass is 79.9. The highest BCUT2D eigenvalue weighted by Crippen LogP contribution is 2.15. The maximum absolute atomic E-state index is 13.1. The van der Waals surface area contributed by atoms with Crippen LogP contribution in [0.3, 0.4) is 0 Å². The Morgan fingerprint density at radius 2 is 2.29 bits per heavy atom. The van der Waals surface area contributed by atoms with Crippen LogP contribution in [0, 0.1) is 5.82 Å². The van der Waals surface area contributed by atoms with Gasteiger partial charge in [-0.15, -0.1) is 0 Å². The molecular weight excluding hydrogens is 251 g/mol. The van der Waals surface area contributed by atoms with Crippen molar-refractivity contribution in [2.45, 2.75) is 13.3 Å². The molecule has 0 aliphatic rings. The van der Waals surface area contributed by atoms with Gasteiger partial charge in [0.05, 0.1) is 6.61 Å². The van der Waals surface area contributed by atoms with Crippen molar-refractivity contribution < 1.29 is 13.9 Å². The lowest BCUT2D eigenvalue weighted by Crippen LogP contribution is -2.04. The second-order valence-corrected chi connectivity index (χ2v) is 3.74. The van der Waals surface area contributed by atoms with Gasteiger partial charge in [0.25, 0.3) is 0 Å². The van der Waals surface area contributed by atoms with E-state index in [2.05, 4.69) is 15.9 Å². The summed E-state index contributed by atoms with van der Waals surface area (Å²) in [5.41, 5.74) is 0.542. The van der Waals surface area contributed by atoms with Gasteiger partial charge in [-0.05, 0) is 23.8 Å². The molecule has 0 aromatic heterocycles. The molecule has 0 bridgehead atoms. The van der Waals surface area contributed by atoms with Gasteiger partial charge in [-0.2, -0.15) is 0 Å². The van der Waals surface area contributed by atoms with E-state index >= 15 is 0 Å². The number of esters is 1. The van der Waals surface area contributed by atoms with Crippen molar-refractivity contribution in [3.63, 3.8) is 0 Å². The summed E-state index contributed by atoms with van der Waals surface area (Å²) in [6, 6.07) is 4.69. The van der Waals surface area contributed by atoms with E-state index in [9.17, 15) is 9.18 Å². The van der Waals surface area contributed by atoms with Crippen molar-refractivity contribution in [2.24, 2.45) is 0 Å². The predicted molar refractivity (Wildman–Crippen MR) is 54.4 cm³/mol. The van der Waals surface area contributed by atoms with Gasteiger partial charge in [0, 0.05) is 17.8 Å². The molecule has 1 rings (SSSR count). The number of carbonyl (C=O) groups excluding carboxylic acids is 1. The third-order valence-corrected chi connectivity index (χ3v) is 2.18. The summed E-state index contributed by atoms with van der Waals surface area (Å²) < 4.78 is 18.7. The van der Waals surface area contributed by atoms with Gasteiger partial charge in [0.2, 0.25) is 0 Å². The second kappa shape index (κ2) is 5.10. The topological polar surface area (TPSA) is 26.3 Å². The zero-order chi connectivity index (χ0) is 10.6. The first kappa shape index (κ1) is 11.2. The predicted octanol–water partition coefficient (Wildman–Crippen LogP) is 2.69. The maximum Gasteiger partial charge on any atom is 0.302 e. The van der Waals surface area contributed by atoms with E-state index in [1.54, 1.807) is 12.1 Å². The SMILES string of the molecule is CC(=O)OCCc1cc(Br)ccc1F. The number of hydrogen-bond donors (Lipinski definition) is 0. The first-order valence-electron chi connectivity index (χ1n) is 4.17. The van der Waals surface area contributed by atoms with Crippen LogP contribution >= 0.6 is 15.9 Å². The van der Waals surface area contributed by atoms with Gasteiger partial charge in [0.15, 0.2) is 0 Å². The Morgan fingerprint density at radius 1 is 1.57 bits per heavy atom. The summed E-state index contributed by atoms with van der Waals surface area (Å²) in [7, 11) is 0. The minimum Gasteiger partial charge on any atom is -0.466 e. The van der Waals surface area contributed by atoms with Gasteiger partial charge in [-0.25, -0.2) is 4.39 Å². The lowest BCUT2D eigenvalue weighted by atomic mass is 10.1. The highest BCUT2D eigenvalue weighted by molar-refractivity contribution is 9.10. The number of halogens is 2. The van der Waals surface area contributed by atoms with Gasteiger partial charge < -0.3 is 4.74 Å². The summed E-state index contributed by atoms with van der Waals surface area (Å²) >= 11 is 3.24. The molecule has 14 heavy (non-hydrogen) atoms.